The molecule has 1 saturated heterocycles. The van der Waals surface area contributed by atoms with Crippen molar-refractivity contribution in [3.63, 3.8) is 0 Å². The fraction of sp³-hybridized carbons (Fsp3) is 0.929. The average molecular weight is 318 g/mol. The molecule has 2 aliphatic rings. The molecule has 2 N–H and O–H groups in total. The second-order valence-electron chi connectivity index (χ2n) is 6.14. The van der Waals surface area contributed by atoms with Gasteiger partial charge >= 0.3 is 0 Å². The first-order valence-electron chi connectivity index (χ1n) is 7.70. The van der Waals surface area contributed by atoms with E-state index in [1.807, 2.05) is 0 Å². The number of nitrogens with zero attached hydrogens (tertiary/aromatic N) is 1. The zero-order chi connectivity index (χ0) is 15.5. The standard InChI is InChI=1S/C14H26N2O4S/c1-20-8-7-16(11-6-9-21(18,19)10-11)14(17)12-4-2-3-5-13(12)15/h11-13H,2-10,15H2,1H3. The predicted molar refractivity (Wildman–Crippen MR) is 80.6 cm³/mol. The SMILES string of the molecule is COCCN(C(=O)C1CCCCC1N)C1CCS(=O)(=O)C1. The third-order valence-electron chi connectivity index (χ3n) is 4.61. The van der Waals surface area contributed by atoms with Crippen LogP contribution in [0.2, 0.25) is 0 Å². The molecule has 3 unspecified atom stereocenters. The van der Waals surface area contributed by atoms with Crippen LogP contribution in [0.3, 0.4) is 0 Å². The monoisotopic (exact) mass is 318 g/mol. The molecule has 6 nitrogen and oxygen atoms in total. The minimum atomic E-state index is -3.01. The lowest BCUT2D eigenvalue weighted by Crippen LogP contribution is -2.50. The molecule has 1 heterocycles. The third-order valence-corrected chi connectivity index (χ3v) is 6.36. The fourth-order valence-electron chi connectivity index (χ4n) is 3.36. The van der Waals surface area contributed by atoms with Gasteiger partial charge in [-0.25, -0.2) is 8.42 Å². The first-order chi connectivity index (χ1) is 9.94. The van der Waals surface area contributed by atoms with Crippen molar-refractivity contribution in [1.82, 2.24) is 4.90 Å². The molecule has 0 aromatic rings. The van der Waals surface area contributed by atoms with E-state index in [2.05, 4.69) is 0 Å². The maximum absolute atomic E-state index is 12.8. The van der Waals surface area contributed by atoms with Crippen LogP contribution in [0.15, 0.2) is 0 Å². The van der Waals surface area contributed by atoms with Crippen LogP contribution in [0.5, 0.6) is 0 Å². The smallest absolute Gasteiger partial charge is 0.227 e. The topological polar surface area (TPSA) is 89.7 Å². The van der Waals surface area contributed by atoms with Gasteiger partial charge < -0.3 is 15.4 Å². The number of methoxy groups -OCH3 is 1. The highest BCUT2D eigenvalue weighted by Crippen LogP contribution is 2.27. The Morgan fingerprint density at radius 3 is 2.57 bits per heavy atom. The molecule has 1 saturated carbocycles. The largest absolute Gasteiger partial charge is 0.383 e. The minimum absolute atomic E-state index is 0.0151. The van der Waals surface area contributed by atoms with Crippen molar-refractivity contribution in [3.05, 3.63) is 0 Å². The Labute approximate surface area is 126 Å². The summed E-state index contributed by atoms with van der Waals surface area (Å²) >= 11 is 0. The van der Waals surface area contributed by atoms with Gasteiger partial charge in [0.05, 0.1) is 24.0 Å². The highest BCUT2D eigenvalue weighted by molar-refractivity contribution is 7.91. The third kappa shape index (κ3) is 4.17. The van der Waals surface area contributed by atoms with E-state index in [4.69, 9.17) is 10.5 Å². The molecule has 3 atom stereocenters. The molecule has 1 amide bonds. The van der Waals surface area contributed by atoms with Gasteiger partial charge in [-0.05, 0) is 19.3 Å². The number of hydrogen-bond acceptors (Lipinski definition) is 5. The minimum Gasteiger partial charge on any atom is -0.383 e. The van der Waals surface area contributed by atoms with Crippen LogP contribution in [0.4, 0.5) is 0 Å². The van der Waals surface area contributed by atoms with E-state index in [-0.39, 0.29) is 35.4 Å². The first-order valence-corrected chi connectivity index (χ1v) is 9.52. The number of nitrogens with two attached hydrogens (primary N) is 1. The summed E-state index contributed by atoms with van der Waals surface area (Å²) in [7, 11) is -1.43. The van der Waals surface area contributed by atoms with Gasteiger partial charge in [-0.3, -0.25) is 4.79 Å². The summed E-state index contributed by atoms with van der Waals surface area (Å²) in [6.45, 7) is 0.864. The molecule has 0 radical (unpaired) electrons. The molecule has 21 heavy (non-hydrogen) atoms. The zero-order valence-corrected chi connectivity index (χ0v) is 13.5. The Bertz CT molecular complexity index is 466. The van der Waals surface area contributed by atoms with E-state index < -0.39 is 9.84 Å². The number of amides is 1. The Morgan fingerprint density at radius 1 is 1.29 bits per heavy atom. The lowest BCUT2D eigenvalue weighted by Gasteiger charge is -2.35. The summed E-state index contributed by atoms with van der Waals surface area (Å²) in [5.41, 5.74) is 6.10. The Kier molecular flexibility index (Phi) is 5.62. The van der Waals surface area contributed by atoms with Crippen molar-refractivity contribution in [2.45, 2.75) is 44.2 Å². The zero-order valence-electron chi connectivity index (χ0n) is 12.7. The van der Waals surface area contributed by atoms with Gasteiger partial charge in [0.15, 0.2) is 9.84 Å². The van der Waals surface area contributed by atoms with E-state index in [1.165, 1.54) is 0 Å². The molecule has 0 bridgehead atoms. The maximum Gasteiger partial charge on any atom is 0.227 e. The summed E-state index contributed by atoms with van der Waals surface area (Å²) in [5.74, 6) is 0.0931. The summed E-state index contributed by atoms with van der Waals surface area (Å²) in [4.78, 5) is 14.5. The van der Waals surface area contributed by atoms with Gasteiger partial charge in [0.2, 0.25) is 5.91 Å². The summed E-state index contributed by atoms with van der Waals surface area (Å²) in [6.07, 6.45) is 4.30. The Morgan fingerprint density at radius 2 is 2.00 bits per heavy atom. The summed E-state index contributed by atoms with van der Waals surface area (Å²) in [6, 6.07) is -0.318. The van der Waals surface area contributed by atoms with E-state index in [0.717, 1.165) is 25.7 Å². The normalized spacial score (nSPS) is 32.0. The molecular weight excluding hydrogens is 292 g/mol. The van der Waals surface area contributed by atoms with Crippen LogP contribution >= 0.6 is 0 Å². The molecule has 0 aromatic carbocycles. The molecule has 7 heteroatoms. The van der Waals surface area contributed by atoms with Gasteiger partial charge in [0.1, 0.15) is 0 Å². The quantitative estimate of drug-likeness (QED) is 0.780. The lowest BCUT2D eigenvalue weighted by molar-refractivity contribution is -0.139. The van der Waals surface area contributed by atoms with Gasteiger partial charge in [-0.1, -0.05) is 12.8 Å². The number of carbonyl (C=O) groups is 1. The summed E-state index contributed by atoms with van der Waals surface area (Å²) < 4.78 is 28.5. The molecule has 1 aliphatic carbocycles. The molecule has 2 rings (SSSR count). The average Bonchev–Trinajstić information content (AvgIpc) is 2.79. The molecule has 1 aliphatic heterocycles. The highest BCUT2D eigenvalue weighted by atomic mass is 32.2. The highest BCUT2D eigenvalue weighted by Gasteiger charge is 2.38. The number of rotatable bonds is 5. The van der Waals surface area contributed by atoms with Crippen molar-refractivity contribution in [1.29, 1.82) is 0 Å². The van der Waals surface area contributed by atoms with Crippen LogP contribution in [-0.4, -0.2) is 63.1 Å². The van der Waals surface area contributed by atoms with Gasteiger partial charge in [0, 0.05) is 25.7 Å². The molecule has 2 fully saturated rings. The predicted octanol–water partition coefficient (Wildman–Crippen LogP) is 0.166. The molecule has 122 valence electrons. The number of ether oxygens (including phenoxy) is 1. The van der Waals surface area contributed by atoms with E-state index in [1.54, 1.807) is 12.0 Å². The Balaban J connectivity index is 2.09. The van der Waals surface area contributed by atoms with Crippen LogP contribution in [0, 0.1) is 5.92 Å². The van der Waals surface area contributed by atoms with E-state index in [0.29, 0.717) is 19.6 Å². The van der Waals surface area contributed by atoms with Gasteiger partial charge in [-0.15, -0.1) is 0 Å². The molecular formula is C14H26N2O4S. The first kappa shape index (κ1) is 16.7. The Hall–Kier alpha value is -0.660. The maximum atomic E-state index is 12.8. The van der Waals surface area contributed by atoms with Gasteiger partial charge in [-0.2, -0.15) is 0 Å². The van der Waals surface area contributed by atoms with Crippen LogP contribution in [0.25, 0.3) is 0 Å². The number of hydrogen-bond donors (Lipinski definition) is 1. The van der Waals surface area contributed by atoms with Crippen LogP contribution in [-0.2, 0) is 19.4 Å². The second kappa shape index (κ2) is 7.07. The van der Waals surface area contributed by atoms with Crippen LogP contribution in [0.1, 0.15) is 32.1 Å². The van der Waals surface area contributed by atoms with Crippen molar-refractivity contribution in [3.8, 4) is 0 Å². The fourth-order valence-corrected chi connectivity index (χ4v) is 5.09. The van der Waals surface area contributed by atoms with Crippen molar-refractivity contribution >= 4 is 15.7 Å². The number of carbonyl (C=O) groups excluding carboxylic acids is 1. The van der Waals surface area contributed by atoms with E-state index in [9.17, 15) is 13.2 Å². The van der Waals surface area contributed by atoms with Crippen molar-refractivity contribution in [2.24, 2.45) is 11.7 Å². The van der Waals surface area contributed by atoms with Gasteiger partial charge in [0.25, 0.3) is 0 Å². The summed E-state index contributed by atoms with van der Waals surface area (Å²) in [5, 5.41) is 0. The van der Waals surface area contributed by atoms with Crippen molar-refractivity contribution in [2.75, 3.05) is 31.8 Å². The van der Waals surface area contributed by atoms with Crippen molar-refractivity contribution < 1.29 is 17.9 Å². The van der Waals surface area contributed by atoms with E-state index >= 15 is 0 Å². The number of sulfone groups is 1. The molecule has 0 spiro atoms. The second-order valence-corrected chi connectivity index (χ2v) is 8.36. The van der Waals surface area contributed by atoms with Crippen LogP contribution < -0.4 is 5.73 Å². The molecule has 0 aromatic heterocycles. The lowest BCUT2D eigenvalue weighted by atomic mass is 9.84.